The fourth-order valence-electron chi connectivity index (χ4n) is 2.98. The first-order valence-electron chi connectivity index (χ1n) is 8.02. The molecule has 2 rings (SSSR count). The summed E-state index contributed by atoms with van der Waals surface area (Å²) in [5.74, 6) is 0.303. The summed E-state index contributed by atoms with van der Waals surface area (Å²) in [6.07, 6.45) is 3.26. The normalized spacial score (nSPS) is 24.2. The summed E-state index contributed by atoms with van der Waals surface area (Å²) in [6.45, 7) is 5.77. The summed E-state index contributed by atoms with van der Waals surface area (Å²) in [5, 5.41) is 0. The molecule has 0 aromatic carbocycles. The van der Waals surface area contributed by atoms with Gasteiger partial charge in [0, 0.05) is 38.7 Å². The molecule has 120 valence electrons. The molecule has 2 saturated heterocycles. The van der Waals surface area contributed by atoms with E-state index >= 15 is 0 Å². The van der Waals surface area contributed by atoms with Gasteiger partial charge in [0.15, 0.2) is 0 Å². The molecule has 2 atom stereocenters. The van der Waals surface area contributed by atoms with Crippen molar-refractivity contribution in [2.24, 2.45) is 11.7 Å². The van der Waals surface area contributed by atoms with Gasteiger partial charge >= 0.3 is 0 Å². The molecule has 0 aromatic heterocycles. The zero-order valence-corrected chi connectivity index (χ0v) is 12.9. The number of hydrogen-bond donors (Lipinski definition) is 1. The van der Waals surface area contributed by atoms with E-state index < -0.39 is 0 Å². The lowest BCUT2D eigenvalue weighted by Gasteiger charge is -2.36. The fraction of sp³-hybridized carbons (Fsp3) is 0.867. The number of carbonyl (C=O) groups is 2. The summed E-state index contributed by atoms with van der Waals surface area (Å²) in [7, 11) is 0. The minimum atomic E-state index is -0.254. The maximum Gasteiger partial charge on any atom is 0.251 e. The van der Waals surface area contributed by atoms with Crippen LogP contribution < -0.4 is 5.73 Å². The van der Waals surface area contributed by atoms with Gasteiger partial charge in [-0.3, -0.25) is 9.59 Å². The van der Waals surface area contributed by atoms with Gasteiger partial charge in [-0.05, 0) is 32.2 Å². The predicted octanol–water partition coefficient (Wildman–Crippen LogP) is 0.211. The van der Waals surface area contributed by atoms with Gasteiger partial charge in [0.2, 0.25) is 5.91 Å². The van der Waals surface area contributed by atoms with Crippen molar-refractivity contribution in [3.8, 4) is 0 Å². The minimum absolute atomic E-state index is 0.0222. The summed E-state index contributed by atoms with van der Waals surface area (Å²) in [5.41, 5.74) is 5.49. The molecule has 2 N–H and O–H groups in total. The highest BCUT2D eigenvalue weighted by Crippen LogP contribution is 2.17. The van der Waals surface area contributed by atoms with Gasteiger partial charge in [-0.15, -0.1) is 0 Å². The highest BCUT2D eigenvalue weighted by Gasteiger charge is 2.32. The van der Waals surface area contributed by atoms with Crippen molar-refractivity contribution in [1.29, 1.82) is 0 Å². The second-order valence-electron chi connectivity index (χ2n) is 5.98. The molecule has 0 bridgehead atoms. The number of carbonyl (C=O) groups excluding carboxylic acids is 2. The van der Waals surface area contributed by atoms with Crippen molar-refractivity contribution >= 4 is 11.8 Å². The van der Waals surface area contributed by atoms with Crippen LogP contribution >= 0.6 is 0 Å². The Morgan fingerprint density at radius 3 is 2.48 bits per heavy atom. The third-order valence-corrected chi connectivity index (χ3v) is 4.37. The van der Waals surface area contributed by atoms with Crippen LogP contribution in [-0.2, 0) is 14.3 Å². The van der Waals surface area contributed by atoms with Gasteiger partial charge in [-0.1, -0.05) is 6.92 Å². The first-order valence-corrected chi connectivity index (χ1v) is 8.02. The zero-order chi connectivity index (χ0) is 15.2. The van der Waals surface area contributed by atoms with Crippen LogP contribution in [0.5, 0.6) is 0 Å². The molecule has 0 spiro atoms. The van der Waals surface area contributed by atoms with Crippen molar-refractivity contribution in [2.45, 2.75) is 38.7 Å². The molecule has 6 heteroatoms. The number of amides is 2. The van der Waals surface area contributed by atoms with Gasteiger partial charge in [-0.2, -0.15) is 0 Å². The third-order valence-electron chi connectivity index (χ3n) is 4.37. The number of rotatable bonds is 5. The van der Waals surface area contributed by atoms with Crippen LogP contribution in [0.1, 0.15) is 32.6 Å². The zero-order valence-electron chi connectivity index (χ0n) is 12.9. The van der Waals surface area contributed by atoms with E-state index in [1.54, 1.807) is 0 Å². The molecular formula is C15H27N3O3. The first kappa shape index (κ1) is 16.2. The average Bonchev–Trinajstić information content (AvgIpc) is 3.05. The molecule has 0 radical (unpaired) electrons. The quantitative estimate of drug-likeness (QED) is 0.787. The molecule has 6 nitrogen and oxygen atoms in total. The molecule has 0 aromatic rings. The lowest BCUT2D eigenvalue weighted by Crippen LogP contribution is -2.53. The van der Waals surface area contributed by atoms with Crippen molar-refractivity contribution in [3.05, 3.63) is 0 Å². The molecule has 2 amide bonds. The maximum atomic E-state index is 12.3. The van der Waals surface area contributed by atoms with Crippen LogP contribution in [0.4, 0.5) is 0 Å². The van der Waals surface area contributed by atoms with Gasteiger partial charge in [0.05, 0.1) is 0 Å². The molecule has 21 heavy (non-hydrogen) atoms. The Bertz CT molecular complexity index is 361. The summed E-state index contributed by atoms with van der Waals surface area (Å²) in [6, 6.07) is 0. The van der Waals surface area contributed by atoms with Crippen LogP contribution in [0.15, 0.2) is 0 Å². The van der Waals surface area contributed by atoms with Crippen LogP contribution in [0.3, 0.4) is 0 Å². The second kappa shape index (κ2) is 7.75. The van der Waals surface area contributed by atoms with E-state index in [9.17, 15) is 9.59 Å². The molecule has 0 aliphatic carbocycles. The second-order valence-corrected chi connectivity index (χ2v) is 5.98. The number of nitrogens with two attached hydrogens (primary N) is 1. The van der Waals surface area contributed by atoms with E-state index in [2.05, 4.69) is 0 Å². The highest BCUT2D eigenvalue weighted by molar-refractivity contribution is 5.82. The summed E-state index contributed by atoms with van der Waals surface area (Å²) >= 11 is 0. The number of piperazine rings is 1. The van der Waals surface area contributed by atoms with Gasteiger partial charge < -0.3 is 20.3 Å². The summed E-state index contributed by atoms with van der Waals surface area (Å²) in [4.78, 5) is 28.2. The van der Waals surface area contributed by atoms with Crippen LogP contribution in [0.2, 0.25) is 0 Å². The van der Waals surface area contributed by atoms with Crippen molar-refractivity contribution in [1.82, 2.24) is 9.80 Å². The first-order chi connectivity index (χ1) is 10.1. The number of ether oxygens (including phenoxy) is 1. The Hall–Kier alpha value is -1.14. The number of nitrogens with zero attached hydrogens (tertiary/aromatic N) is 2. The van der Waals surface area contributed by atoms with E-state index in [0.717, 1.165) is 25.7 Å². The Labute approximate surface area is 126 Å². The molecule has 2 fully saturated rings. The van der Waals surface area contributed by atoms with Gasteiger partial charge in [0.1, 0.15) is 6.10 Å². The van der Waals surface area contributed by atoms with Gasteiger partial charge in [-0.25, -0.2) is 0 Å². The standard InChI is InChI=1S/C15H27N3O3/c1-12(4-2-6-16)14(19)17-7-9-18(10-8-17)15(20)13-5-3-11-21-13/h12-13H,2-11,16H2,1H3. The van der Waals surface area contributed by atoms with E-state index in [-0.39, 0.29) is 23.8 Å². The Morgan fingerprint density at radius 1 is 1.24 bits per heavy atom. The lowest BCUT2D eigenvalue weighted by atomic mass is 10.0. The smallest absolute Gasteiger partial charge is 0.251 e. The van der Waals surface area contributed by atoms with Crippen molar-refractivity contribution < 1.29 is 14.3 Å². The summed E-state index contributed by atoms with van der Waals surface area (Å²) < 4.78 is 5.44. The fourth-order valence-corrected chi connectivity index (χ4v) is 2.98. The Morgan fingerprint density at radius 2 is 1.90 bits per heavy atom. The molecule has 2 unspecified atom stereocenters. The number of hydrogen-bond acceptors (Lipinski definition) is 4. The van der Waals surface area contributed by atoms with E-state index in [0.29, 0.717) is 39.3 Å². The van der Waals surface area contributed by atoms with Crippen LogP contribution in [-0.4, -0.2) is 67.0 Å². The van der Waals surface area contributed by atoms with Crippen molar-refractivity contribution in [3.63, 3.8) is 0 Å². The molecule has 0 saturated carbocycles. The Balaban J connectivity index is 1.77. The van der Waals surface area contributed by atoms with Crippen LogP contribution in [0, 0.1) is 5.92 Å². The maximum absolute atomic E-state index is 12.3. The largest absolute Gasteiger partial charge is 0.368 e. The monoisotopic (exact) mass is 297 g/mol. The Kier molecular flexibility index (Phi) is 5.99. The molecule has 2 aliphatic heterocycles. The van der Waals surface area contributed by atoms with E-state index in [1.807, 2.05) is 16.7 Å². The highest BCUT2D eigenvalue weighted by atomic mass is 16.5. The van der Waals surface area contributed by atoms with Gasteiger partial charge in [0.25, 0.3) is 5.91 Å². The lowest BCUT2D eigenvalue weighted by molar-refractivity contribution is -0.147. The SMILES string of the molecule is CC(CCCN)C(=O)N1CCN(C(=O)C2CCCO2)CC1. The van der Waals surface area contributed by atoms with E-state index in [1.165, 1.54) is 0 Å². The molecule has 2 heterocycles. The van der Waals surface area contributed by atoms with E-state index in [4.69, 9.17) is 10.5 Å². The molecule has 2 aliphatic rings. The topological polar surface area (TPSA) is 75.9 Å². The minimum Gasteiger partial charge on any atom is -0.368 e. The van der Waals surface area contributed by atoms with Crippen molar-refractivity contribution in [2.75, 3.05) is 39.3 Å². The predicted molar refractivity (Wildman–Crippen MR) is 79.6 cm³/mol. The third kappa shape index (κ3) is 4.17. The van der Waals surface area contributed by atoms with Crippen LogP contribution in [0.25, 0.3) is 0 Å². The molecular weight excluding hydrogens is 270 g/mol. The average molecular weight is 297 g/mol.